The summed E-state index contributed by atoms with van der Waals surface area (Å²) in [7, 11) is 0. The minimum atomic E-state index is 0.602. The molecule has 0 radical (unpaired) electrons. The second-order valence-corrected chi connectivity index (χ2v) is 7.09. The van der Waals surface area contributed by atoms with Gasteiger partial charge in [-0.1, -0.05) is 30.3 Å². The van der Waals surface area contributed by atoms with E-state index in [1.54, 1.807) is 11.3 Å². The van der Waals surface area contributed by atoms with E-state index in [-0.39, 0.29) is 0 Å². The molecule has 0 bridgehead atoms. The maximum absolute atomic E-state index is 3.54. The van der Waals surface area contributed by atoms with E-state index in [4.69, 9.17) is 0 Å². The smallest absolute Gasteiger partial charge is 0.0701 e. The molecule has 2 heterocycles. The van der Waals surface area contributed by atoms with Crippen LogP contribution in [0.3, 0.4) is 0 Å². The number of hydrogen-bond donors (Lipinski definition) is 0. The third-order valence-electron chi connectivity index (χ3n) is 3.56. The van der Waals surface area contributed by atoms with Crippen molar-refractivity contribution >= 4 is 27.3 Å². The summed E-state index contributed by atoms with van der Waals surface area (Å²) in [5, 5.41) is 2.25. The van der Waals surface area contributed by atoms with Crippen LogP contribution in [0.5, 0.6) is 0 Å². The lowest BCUT2D eigenvalue weighted by Gasteiger charge is -2.24. The SMILES string of the molecule is Brc1cc(CN2CCCC2c2ccccc2)cs1. The molecule has 0 amide bonds. The van der Waals surface area contributed by atoms with Crippen molar-refractivity contribution in [2.45, 2.75) is 25.4 Å². The first-order chi connectivity index (χ1) is 8.83. The Labute approximate surface area is 121 Å². The summed E-state index contributed by atoms with van der Waals surface area (Å²) in [5.74, 6) is 0. The van der Waals surface area contributed by atoms with Crippen LogP contribution in [-0.4, -0.2) is 11.4 Å². The van der Waals surface area contributed by atoms with Gasteiger partial charge in [0.15, 0.2) is 0 Å². The molecule has 0 spiro atoms. The molecule has 1 fully saturated rings. The Morgan fingerprint density at radius 3 is 2.83 bits per heavy atom. The van der Waals surface area contributed by atoms with Crippen LogP contribution in [0.25, 0.3) is 0 Å². The van der Waals surface area contributed by atoms with Crippen LogP contribution in [0.15, 0.2) is 45.6 Å². The molecule has 2 aromatic rings. The number of rotatable bonds is 3. The first-order valence-corrected chi connectivity index (χ1v) is 8.02. The molecule has 18 heavy (non-hydrogen) atoms. The second-order valence-electron chi connectivity index (χ2n) is 4.80. The molecule has 1 aromatic carbocycles. The largest absolute Gasteiger partial charge is 0.292 e. The molecule has 0 saturated carbocycles. The molecule has 1 aliphatic rings. The van der Waals surface area contributed by atoms with Crippen molar-refractivity contribution < 1.29 is 0 Å². The van der Waals surface area contributed by atoms with Crippen LogP contribution in [0.1, 0.15) is 30.0 Å². The third kappa shape index (κ3) is 2.68. The van der Waals surface area contributed by atoms with E-state index in [0.29, 0.717) is 6.04 Å². The van der Waals surface area contributed by atoms with Gasteiger partial charge in [0.05, 0.1) is 3.79 Å². The molecule has 1 aromatic heterocycles. The van der Waals surface area contributed by atoms with E-state index in [1.165, 1.54) is 34.3 Å². The molecular formula is C15H16BrNS. The van der Waals surface area contributed by atoms with Crippen molar-refractivity contribution in [2.75, 3.05) is 6.54 Å². The number of halogens is 1. The summed E-state index contributed by atoms with van der Waals surface area (Å²) < 4.78 is 1.23. The molecule has 1 saturated heterocycles. The second kappa shape index (κ2) is 5.55. The summed E-state index contributed by atoms with van der Waals surface area (Å²) in [4.78, 5) is 2.60. The summed E-state index contributed by atoms with van der Waals surface area (Å²) >= 11 is 5.32. The fraction of sp³-hybridized carbons (Fsp3) is 0.333. The zero-order chi connectivity index (χ0) is 12.4. The van der Waals surface area contributed by atoms with E-state index in [2.05, 4.69) is 62.6 Å². The summed E-state index contributed by atoms with van der Waals surface area (Å²) in [6, 6.07) is 13.7. The van der Waals surface area contributed by atoms with Gasteiger partial charge in [-0.15, -0.1) is 11.3 Å². The predicted octanol–water partition coefficient (Wildman–Crippen LogP) is 4.85. The summed E-state index contributed by atoms with van der Waals surface area (Å²) in [5.41, 5.74) is 2.89. The van der Waals surface area contributed by atoms with Crippen LogP contribution in [0.4, 0.5) is 0 Å². The fourth-order valence-corrected chi connectivity index (χ4v) is 3.93. The van der Waals surface area contributed by atoms with Gasteiger partial charge >= 0.3 is 0 Å². The maximum atomic E-state index is 3.54. The Morgan fingerprint density at radius 2 is 2.11 bits per heavy atom. The Bertz CT molecular complexity index is 508. The monoisotopic (exact) mass is 321 g/mol. The normalized spacial score (nSPS) is 20.4. The van der Waals surface area contributed by atoms with Gasteiger partial charge in [-0.2, -0.15) is 0 Å². The van der Waals surface area contributed by atoms with Crippen LogP contribution in [0, 0.1) is 0 Å². The molecule has 0 N–H and O–H groups in total. The van der Waals surface area contributed by atoms with Crippen molar-refractivity contribution in [1.82, 2.24) is 4.90 Å². The van der Waals surface area contributed by atoms with Crippen molar-refractivity contribution in [3.8, 4) is 0 Å². The van der Waals surface area contributed by atoms with E-state index >= 15 is 0 Å². The molecule has 0 aliphatic carbocycles. The highest BCUT2D eigenvalue weighted by atomic mass is 79.9. The van der Waals surface area contributed by atoms with Gasteiger partial charge in [0.2, 0.25) is 0 Å². The van der Waals surface area contributed by atoms with E-state index in [0.717, 1.165) is 6.54 Å². The van der Waals surface area contributed by atoms with Gasteiger partial charge in [-0.25, -0.2) is 0 Å². The van der Waals surface area contributed by atoms with Gasteiger partial charge in [0, 0.05) is 12.6 Å². The predicted molar refractivity (Wildman–Crippen MR) is 80.8 cm³/mol. The van der Waals surface area contributed by atoms with E-state index < -0.39 is 0 Å². The average molecular weight is 322 g/mol. The van der Waals surface area contributed by atoms with Crippen LogP contribution < -0.4 is 0 Å². The average Bonchev–Trinajstić information content (AvgIpc) is 3.00. The maximum Gasteiger partial charge on any atom is 0.0701 e. The Hall–Kier alpha value is -0.640. The molecule has 1 nitrogen and oxygen atoms in total. The van der Waals surface area contributed by atoms with Crippen molar-refractivity contribution in [2.24, 2.45) is 0 Å². The van der Waals surface area contributed by atoms with Crippen molar-refractivity contribution in [3.05, 3.63) is 56.7 Å². The lowest BCUT2D eigenvalue weighted by Crippen LogP contribution is -2.22. The van der Waals surface area contributed by atoms with Gasteiger partial charge in [0.1, 0.15) is 0 Å². The summed E-state index contributed by atoms with van der Waals surface area (Å²) in [6.07, 6.45) is 2.60. The fourth-order valence-electron chi connectivity index (χ4n) is 2.73. The zero-order valence-electron chi connectivity index (χ0n) is 10.2. The first-order valence-electron chi connectivity index (χ1n) is 6.35. The first kappa shape index (κ1) is 12.4. The van der Waals surface area contributed by atoms with Gasteiger partial charge in [-0.05, 0) is 57.9 Å². The highest BCUT2D eigenvalue weighted by Gasteiger charge is 2.25. The third-order valence-corrected chi connectivity index (χ3v) is 5.11. The van der Waals surface area contributed by atoms with Crippen LogP contribution in [-0.2, 0) is 6.54 Å². The molecule has 1 atom stereocenters. The van der Waals surface area contributed by atoms with Crippen LogP contribution >= 0.6 is 27.3 Å². The number of nitrogens with zero attached hydrogens (tertiary/aromatic N) is 1. The zero-order valence-corrected chi connectivity index (χ0v) is 12.6. The molecule has 1 unspecified atom stereocenters. The number of hydrogen-bond acceptors (Lipinski definition) is 2. The quantitative estimate of drug-likeness (QED) is 0.781. The molecule has 3 heteroatoms. The Morgan fingerprint density at radius 1 is 1.28 bits per heavy atom. The van der Waals surface area contributed by atoms with Gasteiger partial charge in [0.25, 0.3) is 0 Å². The Balaban J connectivity index is 1.75. The lowest BCUT2D eigenvalue weighted by molar-refractivity contribution is 0.249. The van der Waals surface area contributed by atoms with Gasteiger partial charge < -0.3 is 0 Å². The minimum Gasteiger partial charge on any atom is -0.292 e. The van der Waals surface area contributed by atoms with E-state index in [9.17, 15) is 0 Å². The summed E-state index contributed by atoms with van der Waals surface area (Å²) in [6.45, 7) is 2.29. The molecule has 94 valence electrons. The Kier molecular flexibility index (Phi) is 3.83. The van der Waals surface area contributed by atoms with Gasteiger partial charge in [-0.3, -0.25) is 4.90 Å². The lowest BCUT2D eigenvalue weighted by atomic mass is 10.0. The number of likely N-dealkylation sites (tertiary alicyclic amines) is 1. The van der Waals surface area contributed by atoms with Crippen molar-refractivity contribution in [3.63, 3.8) is 0 Å². The minimum absolute atomic E-state index is 0.602. The molecule has 3 rings (SSSR count). The highest BCUT2D eigenvalue weighted by molar-refractivity contribution is 9.11. The van der Waals surface area contributed by atoms with Crippen molar-refractivity contribution in [1.29, 1.82) is 0 Å². The van der Waals surface area contributed by atoms with Crippen LogP contribution in [0.2, 0.25) is 0 Å². The highest BCUT2D eigenvalue weighted by Crippen LogP contribution is 2.33. The van der Waals surface area contributed by atoms with E-state index in [1.807, 2.05) is 0 Å². The topological polar surface area (TPSA) is 3.24 Å². The molecular weight excluding hydrogens is 306 g/mol. The molecule has 1 aliphatic heterocycles. The standard InChI is InChI=1S/C15H16BrNS/c16-15-9-12(11-18-15)10-17-8-4-7-14(17)13-5-2-1-3-6-13/h1-3,5-6,9,11,14H,4,7-8,10H2. The number of benzene rings is 1. The number of thiophene rings is 1.